The fourth-order valence-electron chi connectivity index (χ4n) is 1.55. The van der Waals surface area contributed by atoms with Crippen LogP contribution in [0.2, 0.25) is 0 Å². The molecular weight excluding hydrogens is 230 g/mol. The van der Waals surface area contributed by atoms with Crippen molar-refractivity contribution in [2.75, 3.05) is 11.9 Å². The third-order valence-corrected chi connectivity index (χ3v) is 2.55. The first kappa shape index (κ1) is 11.8. The lowest BCUT2D eigenvalue weighted by Gasteiger charge is -2.18. The first-order chi connectivity index (χ1) is 8.72. The molecule has 0 amide bonds. The van der Waals surface area contributed by atoms with E-state index in [0.29, 0.717) is 5.56 Å². The highest BCUT2D eigenvalue weighted by Crippen LogP contribution is 2.21. The van der Waals surface area contributed by atoms with Gasteiger partial charge in [-0.1, -0.05) is 17.3 Å². The lowest BCUT2D eigenvalue weighted by atomic mass is 10.2. The second-order valence-electron chi connectivity index (χ2n) is 3.66. The van der Waals surface area contributed by atoms with E-state index in [9.17, 15) is 0 Å². The second-order valence-corrected chi connectivity index (χ2v) is 3.66. The van der Waals surface area contributed by atoms with E-state index >= 15 is 0 Å². The van der Waals surface area contributed by atoms with E-state index in [0.717, 1.165) is 11.5 Å². The quantitative estimate of drug-likeness (QED) is 0.367. The van der Waals surface area contributed by atoms with Gasteiger partial charge in [0.05, 0.1) is 0 Å². The molecule has 1 aromatic carbocycles. The summed E-state index contributed by atoms with van der Waals surface area (Å²) in [5.41, 5.74) is 7.09. The zero-order valence-electron chi connectivity index (χ0n) is 9.85. The SMILES string of the molecule is CN(c1cccc(/C(N)=N/O)c1)c1ccncn1. The van der Waals surface area contributed by atoms with E-state index in [1.54, 1.807) is 18.3 Å². The molecule has 0 saturated carbocycles. The van der Waals surface area contributed by atoms with Crippen molar-refractivity contribution in [3.8, 4) is 0 Å². The Kier molecular flexibility index (Phi) is 3.38. The summed E-state index contributed by atoms with van der Waals surface area (Å²) in [6.45, 7) is 0. The number of amidine groups is 1. The van der Waals surface area contributed by atoms with Gasteiger partial charge in [-0.25, -0.2) is 9.97 Å². The minimum absolute atomic E-state index is 0.0768. The molecule has 0 aliphatic heterocycles. The van der Waals surface area contributed by atoms with E-state index < -0.39 is 0 Å². The number of oxime groups is 1. The Morgan fingerprint density at radius 2 is 2.22 bits per heavy atom. The van der Waals surface area contributed by atoms with Crippen LogP contribution in [0.15, 0.2) is 48.0 Å². The highest BCUT2D eigenvalue weighted by atomic mass is 16.4. The molecule has 0 bridgehead atoms. The zero-order valence-corrected chi connectivity index (χ0v) is 9.85. The highest BCUT2D eigenvalue weighted by molar-refractivity contribution is 5.97. The van der Waals surface area contributed by atoms with Gasteiger partial charge in [0, 0.05) is 24.5 Å². The van der Waals surface area contributed by atoms with Crippen LogP contribution >= 0.6 is 0 Å². The largest absolute Gasteiger partial charge is 0.409 e. The topological polar surface area (TPSA) is 87.6 Å². The third kappa shape index (κ3) is 2.37. The summed E-state index contributed by atoms with van der Waals surface area (Å²) in [6, 6.07) is 9.14. The molecule has 0 unspecified atom stereocenters. The molecule has 2 aromatic rings. The van der Waals surface area contributed by atoms with Crippen LogP contribution in [-0.4, -0.2) is 28.1 Å². The smallest absolute Gasteiger partial charge is 0.170 e. The van der Waals surface area contributed by atoms with Crippen LogP contribution in [0, 0.1) is 0 Å². The first-order valence-corrected chi connectivity index (χ1v) is 5.30. The van der Waals surface area contributed by atoms with E-state index in [2.05, 4.69) is 15.1 Å². The molecule has 1 aromatic heterocycles. The predicted octanol–water partition coefficient (Wildman–Crippen LogP) is 1.34. The summed E-state index contributed by atoms with van der Waals surface area (Å²) in [6.07, 6.45) is 3.16. The van der Waals surface area contributed by atoms with Gasteiger partial charge in [-0.05, 0) is 18.2 Å². The lowest BCUT2D eigenvalue weighted by molar-refractivity contribution is 0.318. The average molecular weight is 243 g/mol. The van der Waals surface area contributed by atoms with Crippen LogP contribution in [-0.2, 0) is 0 Å². The van der Waals surface area contributed by atoms with Gasteiger partial charge >= 0.3 is 0 Å². The molecule has 0 aliphatic rings. The van der Waals surface area contributed by atoms with Crippen LogP contribution in [0.5, 0.6) is 0 Å². The maximum Gasteiger partial charge on any atom is 0.170 e. The molecular formula is C12H13N5O. The number of rotatable bonds is 3. The number of anilines is 2. The van der Waals surface area contributed by atoms with E-state index in [1.807, 2.05) is 30.1 Å². The lowest BCUT2D eigenvalue weighted by Crippen LogP contribution is -2.15. The van der Waals surface area contributed by atoms with Crippen molar-refractivity contribution >= 4 is 17.3 Å². The van der Waals surface area contributed by atoms with Gasteiger partial charge in [-0.15, -0.1) is 0 Å². The van der Waals surface area contributed by atoms with Crippen LogP contribution < -0.4 is 10.6 Å². The molecule has 6 nitrogen and oxygen atoms in total. The maximum absolute atomic E-state index is 8.66. The number of aromatic nitrogens is 2. The van der Waals surface area contributed by atoms with Gasteiger partial charge in [0.25, 0.3) is 0 Å². The molecule has 18 heavy (non-hydrogen) atoms. The summed E-state index contributed by atoms with van der Waals surface area (Å²) < 4.78 is 0. The van der Waals surface area contributed by atoms with Gasteiger partial charge < -0.3 is 15.8 Å². The second kappa shape index (κ2) is 5.13. The predicted molar refractivity (Wildman–Crippen MR) is 69.0 cm³/mol. The number of nitrogens with zero attached hydrogens (tertiary/aromatic N) is 4. The van der Waals surface area contributed by atoms with E-state index in [4.69, 9.17) is 10.9 Å². The fraction of sp³-hybridized carbons (Fsp3) is 0.0833. The number of benzene rings is 1. The average Bonchev–Trinajstić information content (AvgIpc) is 2.46. The summed E-state index contributed by atoms with van der Waals surface area (Å²) >= 11 is 0. The van der Waals surface area contributed by atoms with Crippen molar-refractivity contribution in [2.45, 2.75) is 0 Å². The Morgan fingerprint density at radius 3 is 2.89 bits per heavy atom. The normalized spacial score (nSPS) is 11.3. The Balaban J connectivity index is 2.34. The summed E-state index contributed by atoms with van der Waals surface area (Å²) in [4.78, 5) is 9.91. The molecule has 0 fully saturated rings. The van der Waals surface area contributed by atoms with Gasteiger partial charge in [0.2, 0.25) is 0 Å². The van der Waals surface area contributed by atoms with Gasteiger partial charge in [0.1, 0.15) is 12.1 Å². The number of hydrogen-bond donors (Lipinski definition) is 2. The fourth-order valence-corrected chi connectivity index (χ4v) is 1.55. The Labute approximate surface area is 104 Å². The molecule has 0 radical (unpaired) electrons. The molecule has 0 atom stereocenters. The molecule has 0 aliphatic carbocycles. The molecule has 0 saturated heterocycles. The van der Waals surface area contributed by atoms with Gasteiger partial charge in [-0.3, -0.25) is 0 Å². The summed E-state index contributed by atoms with van der Waals surface area (Å²) in [5.74, 6) is 0.842. The van der Waals surface area contributed by atoms with Crippen molar-refractivity contribution in [2.24, 2.45) is 10.9 Å². The van der Waals surface area contributed by atoms with E-state index in [1.165, 1.54) is 6.33 Å². The molecule has 1 heterocycles. The molecule has 2 rings (SSSR count). The Bertz CT molecular complexity index is 555. The van der Waals surface area contributed by atoms with E-state index in [-0.39, 0.29) is 5.84 Å². The highest BCUT2D eigenvalue weighted by Gasteiger charge is 2.07. The van der Waals surface area contributed by atoms with Crippen LogP contribution in [0.4, 0.5) is 11.5 Å². The first-order valence-electron chi connectivity index (χ1n) is 5.30. The molecule has 6 heteroatoms. The monoisotopic (exact) mass is 243 g/mol. The summed E-state index contributed by atoms with van der Waals surface area (Å²) in [5, 5.41) is 11.6. The maximum atomic E-state index is 8.66. The van der Waals surface area contributed by atoms with Gasteiger partial charge in [-0.2, -0.15) is 0 Å². The molecule has 3 N–H and O–H groups in total. The minimum atomic E-state index is 0.0768. The Morgan fingerprint density at radius 1 is 1.39 bits per heavy atom. The molecule has 0 spiro atoms. The standard InChI is InChI=1S/C12H13N5O/c1-17(11-5-6-14-8-15-11)10-4-2-3-9(7-10)12(13)16-18/h2-8,18H,1H3,(H2,13,16). The van der Waals surface area contributed by atoms with Crippen LogP contribution in [0.25, 0.3) is 0 Å². The third-order valence-electron chi connectivity index (χ3n) is 2.55. The zero-order chi connectivity index (χ0) is 13.0. The summed E-state index contributed by atoms with van der Waals surface area (Å²) in [7, 11) is 1.88. The van der Waals surface area contributed by atoms with Crippen LogP contribution in [0.1, 0.15) is 5.56 Å². The van der Waals surface area contributed by atoms with Crippen molar-refractivity contribution < 1.29 is 5.21 Å². The minimum Gasteiger partial charge on any atom is -0.409 e. The van der Waals surface area contributed by atoms with Crippen molar-refractivity contribution in [3.05, 3.63) is 48.4 Å². The van der Waals surface area contributed by atoms with Crippen molar-refractivity contribution in [3.63, 3.8) is 0 Å². The van der Waals surface area contributed by atoms with Gasteiger partial charge in [0.15, 0.2) is 5.84 Å². The van der Waals surface area contributed by atoms with Crippen molar-refractivity contribution in [1.29, 1.82) is 0 Å². The molecule has 92 valence electrons. The van der Waals surface area contributed by atoms with Crippen molar-refractivity contribution in [1.82, 2.24) is 9.97 Å². The van der Waals surface area contributed by atoms with Crippen LogP contribution in [0.3, 0.4) is 0 Å². The number of nitrogens with two attached hydrogens (primary N) is 1. The number of hydrogen-bond acceptors (Lipinski definition) is 5. The Hall–Kier alpha value is -2.63.